The van der Waals surface area contributed by atoms with Crippen LogP contribution >= 0.6 is 7.82 Å². The van der Waals surface area contributed by atoms with Crippen LogP contribution in [0, 0.1) is 0 Å². The number of nitrogens with zero attached hydrogens (tertiary/aromatic N) is 4. The van der Waals surface area contributed by atoms with Gasteiger partial charge in [0.25, 0.3) is 0 Å². The molecule has 0 spiro atoms. The summed E-state index contributed by atoms with van der Waals surface area (Å²) < 4.78 is 80.2. The molecule has 0 unspecified atom stereocenters. The molecule has 0 amide bonds. The van der Waals surface area contributed by atoms with Gasteiger partial charge in [0.05, 0.1) is 0 Å². The molecule has 0 fully saturated rings. The Labute approximate surface area is 520 Å². The number of nitrogens with one attached hydrogen (secondary N) is 2. The van der Waals surface area contributed by atoms with Gasteiger partial charge in [-0.15, -0.1) is 0 Å². The molecule has 0 atom stereocenters. The molecular formula is C66H85MoN6O12PW. The van der Waals surface area contributed by atoms with Gasteiger partial charge in [-0.2, -0.15) is 0 Å². The van der Waals surface area contributed by atoms with Crippen molar-refractivity contribution >= 4 is 75.7 Å². The average molecular weight is 1470 g/mol. The van der Waals surface area contributed by atoms with Crippen molar-refractivity contribution in [3.63, 3.8) is 0 Å². The van der Waals surface area contributed by atoms with E-state index in [9.17, 15) is 0 Å². The van der Waals surface area contributed by atoms with Crippen molar-refractivity contribution in [2.75, 3.05) is 85.9 Å². The van der Waals surface area contributed by atoms with E-state index in [4.69, 9.17) is 47.9 Å². The number of benzene rings is 6. The fourth-order valence-corrected chi connectivity index (χ4v) is 10.2. The number of fused-ring (bicyclic) bond motifs is 2. The summed E-state index contributed by atoms with van der Waals surface area (Å²) in [7, 11) is -4.64. The minimum atomic E-state index is -6.02. The average Bonchev–Trinajstić information content (AvgIpc) is 1.19. The van der Waals surface area contributed by atoms with Gasteiger partial charge in [-0.3, -0.25) is 0 Å². The Morgan fingerprint density at radius 2 is 0.759 bits per heavy atom. The number of hydrogen-bond donors (Lipinski definition) is 7. The summed E-state index contributed by atoms with van der Waals surface area (Å²) in [6, 6.07) is 40.3. The maximum absolute atomic E-state index is 8.88. The molecule has 6 aromatic carbocycles. The van der Waals surface area contributed by atoms with Crippen LogP contribution in [-0.4, -0.2) is 108 Å². The summed E-state index contributed by atoms with van der Waals surface area (Å²) in [4.78, 5) is 26.3. The fourth-order valence-electron chi connectivity index (χ4n) is 10.2. The molecule has 0 heterocycles. The quantitative estimate of drug-likeness (QED) is 0.0239. The second kappa shape index (κ2) is 35.4. The van der Waals surface area contributed by atoms with Gasteiger partial charge >= 0.3 is 69.9 Å². The summed E-state index contributed by atoms with van der Waals surface area (Å²) in [5.74, 6) is 0. The molecule has 2 aliphatic rings. The number of hydrogen-bond acceptors (Lipinski definition) is 11. The van der Waals surface area contributed by atoms with Gasteiger partial charge in [-0.1, -0.05) is 72.8 Å². The van der Waals surface area contributed by atoms with E-state index < -0.39 is 41.3 Å². The van der Waals surface area contributed by atoms with Crippen molar-refractivity contribution in [1.82, 2.24) is 0 Å². The number of rotatable bonds is 18. The van der Waals surface area contributed by atoms with Crippen molar-refractivity contribution in [3.8, 4) is 22.3 Å². The molecule has 0 aliphatic heterocycles. The van der Waals surface area contributed by atoms with Gasteiger partial charge in [-0.25, -0.2) is 13.7 Å². The molecule has 0 saturated heterocycles. The van der Waals surface area contributed by atoms with Crippen molar-refractivity contribution in [2.24, 2.45) is 0 Å². The molecule has 0 saturated carbocycles. The fraction of sp³-hybridized carbons (Fsp3) is 0.303. The number of anilines is 4. The van der Waals surface area contributed by atoms with Crippen molar-refractivity contribution < 1.29 is 90.5 Å². The van der Waals surface area contributed by atoms with Gasteiger partial charge in [0.2, 0.25) is 0 Å². The van der Waals surface area contributed by atoms with Gasteiger partial charge in [-0.05, 0) is 197 Å². The first-order valence-electron chi connectivity index (χ1n) is 29.1. The van der Waals surface area contributed by atoms with Crippen LogP contribution < -0.4 is 28.0 Å². The summed E-state index contributed by atoms with van der Waals surface area (Å²) in [6.45, 7) is 31.9. The van der Waals surface area contributed by atoms with Crippen LogP contribution in [-0.2, 0) is 51.6 Å². The van der Waals surface area contributed by atoms with Crippen LogP contribution in [0.1, 0.15) is 80.4 Å². The van der Waals surface area contributed by atoms with Crippen LogP contribution in [0.3, 0.4) is 0 Å². The van der Waals surface area contributed by atoms with E-state index in [1.807, 2.05) is 0 Å². The third-order valence-corrected chi connectivity index (χ3v) is 14.2. The predicted octanol–water partition coefficient (Wildman–Crippen LogP) is 10.7. The van der Waals surface area contributed by atoms with Gasteiger partial charge in [0, 0.05) is 97.1 Å². The molecule has 0 aromatic heterocycles. The SMILES string of the molecule is CCNc1cc(-c2ccc(N(CC)CC)cc2)c(C=C2C=CC(=[N+](CC)CC)C=C2)c2ccccc12.CCNc1cc(-c2ccc(N(CC)CC)cc2)c(C=C2C=CC(=[N+](CC)CC)C=C2)c2ccccc12.O=P(O)(O)O.[O]=[Mo](=[O])([O-])[O-].[O]=[W](=[O])([OH])[OH]. The molecule has 87 heavy (non-hydrogen) atoms. The standard InChI is InChI=1S/2C33H39N3.Mo.H3O4P.2H2O.6O.W/c2*1-6-34-33-24-31(26-17-21-28(22-18-26)36(9-4)10-5)32(29-13-11-12-14-30(29)33)23-25-15-19-27(20-16-25)35(7-2)8-3;;1-5(2,3)4;;;;;;;;;/h2*11-24H,6-10H2,1-5H3;;(H3,1,2,3,4);2*1H2;;;;;;;/q;;;;;;;;;;2*-1;+2. The molecule has 8 rings (SSSR count). The predicted molar refractivity (Wildman–Crippen MR) is 341 cm³/mol. The normalized spacial score (nSPS) is 12.6. The first kappa shape index (κ1) is 72.8. The van der Waals surface area contributed by atoms with E-state index in [0.29, 0.717) is 0 Å². The third kappa shape index (κ3) is 23.8. The molecular weight excluding hydrogens is 1380 g/mol. The monoisotopic (exact) mass is 1470 g/mol. The van der Waals surface area contributed by atoms with Gasteiger partial charge in [0.15, 0.2) is 11.4 Å². The molecule has 6 aromatic rings. The van der Waals surface area contributed by atoms with Crippen LogP contribution in [0.15, 0.2) is 169 Å². The zero-order valence-corrected chi connectivity index (χ0v) is 57.2. The van der Waals surface area contributed by atoms with Gasteiger partial charge in [0.1, 0.15) is 26.2 Å². The van der Waals surface area contributed by atoms with E-state index in [1.54, 1.807) is 0 Å². The topological polar surface area (TPSA) is 269 Å². The first-order valence-corrected chi connectivity index (χ1v) is 39.0. The number of allylic oxidation sites excluding steroid dienone is 10. The Bertz CT molecular complexity index is 3500. The van der Waals surface area contributed by atoms with Crippen LogP contribution in [0.25, 0.3) is 56.0 Å². The Morgan fingerprint density at radius 1 is 0.494 bits per heavy atom. The van der Waals surface area contributed by atoms with Crippen molar-refractivity contribution in [2.45, 2.75) is 69.2 Å². The Balaban J connectivity index is 0.000000302. The van der Waals surface area contributed by atoms with Crippen molar-refractivity contribution in [3.05, 3.63) is 180 Å². The molecule has 7 N–H and O–H groups in total. The molecule has 2 aliphatic carbocycles. The zero-order valence-electron chi connectivity index (χ0n) is 51.4. The van der Waals surface area contributed by atoms with Crippen LogP contribution in [0.2, 0.25) is 0 Å². The molecule has 0 bridgehead atoms. The van der Waals surface area contributed by atoms with Crippen LogP contribution in [0.5, 0.6) is 0 Å². The van der Waals surface area contributed by atoms with Crippen molar-refractivity contribution in [1.29, 1.82) is 0 Å². The van der Waals surface area contributed by atoms with E-state index >= 15 is 0 Å². The molecule has 21 heteroatoms. The second-order valence-electron chi connectivity index (χ2n) is 19.5. The maximum atomic E-state index is 8.88. The Kier molecular flexibility index (Phi) is 29.6. The minimum absolute atomic E-state index is 0.889. The zero-order chi connectivity index (χ0) is 64.5. The van der Waals surface area contributed by atoms with E-state index in [-0.39, 0.29) is 0 Å². The molecule has 468 valence electrons. The van der Waals surface area contributed by atoms with E-state index in [2.05, 4.69) is 269 Å². The van der Waals surface area contributed by atoms with Gasteiger partial charge < -0.3 is 35.1 Å². The summed E-state index contributed by atoms with van der Waals surface area (Å²) >= 11 is -11.7. The second-order valence-corrected chi connectivity index (χ2v) is 25.8. The first-order chi connectivity index (χ1) is 41.3. The summed E-state index contributed by atoms with van der Waals surface area (Å²) in [5.41, 5.74) is 17.4. The number of phosphoric acid groups is 1. The Hall–Kier alpha value is -6.65. The Morgan fingerprint density at radius 3 is 1.00 bits per heavy atom. The van der Waals surface area contributed by atoms with Crippen LogP contribution in [0.4, 0.5) is 22.7 Å². The van der Waals surface area contributed by atoms with E-state index in [0.717, 1.165) is 65.4 Å². The summed E-state index contributed by atoms with van der Waals surface area (Å²) in [5, 5.41) is 12.3. The summed E-state index contributed by atoms with van der Waals surface area (Å²) in [6.07, 6.45) is 22.6. The van der Waals surface area contributed by atoms with E-state index in [1.165, 1.54) is 100 Å². The molecule has 0 radical (unpaired) electrons. The third-order valence-electron chi connectivity index (χ3n) is 14.2. The molecule has 18 nitrogen and oxygen atoms in total.